The Morgan fingerprint density at radius 1 is 0.842 bits per heavy atom. The van der Waals surface area contributed by atoms with Gasteiger partial charge >= 0.3 is 0 Å². The third-order valence-electron chi connectivity index (χ3n) is 10.4. The number of benzene rings is 2. The van der Waals surface area contributed by atoms with Gasteiger partial charge in [-0.1, -0.05) is 97.6 Å². The standard InChI is InChI=1S/C27H29N4O.C22H32NSi.Ir/c1-14(2)20-12-11-18-22-15(3)9-10-19(24(22)32-26(18)30-20)25-29-21-13-16(4)28-17(5)23(21)31(25)27(6,7)8;1-16(2)13-18-14-20(23-15-21(18)24(6,7)8)17-9-11-19(12-10-17)22(3,4)5;/h9,11-14H,1-8H3;9,11-12,14-16H,13H2,1-8H3;/q2*-1;. The molecule has 0 aliphatic heterocycles. The summed E-state index contributed by atoms with van der Waals surface area (Å²) in [6.45, 7) is 35.5. The second kappa shape index (κ2) is 16.3. The van der Waals surface area contributed by atoms with Crippen LogP contribution >= 0.6 is 0 Å². The van der Waals surface area contributed by atoms with E-state index in [1.54, 1.807) is 0 Å². The second-order valence-corrected chi connectivity index (χ2v) is 24.4. The van der Waals surface area contributed by atoms with Gasteiger partial charge < -0.3 is 14.0 Å². The molecule has 0 unspecified atom stereocenters. The third-order valence-corrected chi connectivity index (χ3v) is 12.5. The molecule has 0 bridgehead atoms. The normalized spacial score (nSPS) is 12.5. The van der Waals surface area contributed by atoms with Gasteiger partial charge in [0.1, 0.15) is 0 Å². The zero-order chi connectivity index (χ0) is 41.1. The first kappa shape index (κ1) is 44.1. The van der Waals surface area contributed by atoms with Crippen molar-refractivity contribution in [1.82, 2.24) is 24.5 Å². The molecule has 0 aliphatic rings. The van der Waals surface area contributed by atoms with Crippen LogP contribution in [0.15, 0.2) is 59.1 Å². The van der Waals surface area contributed by atoms with E-state index in [0.29, 0.717) is 17.5 Å². The molecule has 7 aromatic rings. The van der Waals surface area contributed by atoms with Crippen LogP contribution in [-0.2, 0) is 37.5 Å². The maximum Gasteiger partial charge on any atom is 0.216 e. The van der Waals surface area contributed by atoms with Gasteiger partial charge in [-0.15, -0.1) is 53.1 Å². The predicted molar refractivity (Wildman–Crippen MR) is 239 cm³/mol. The van der Waals surface area contributed by atoms with E-state index in [9.17, 15) is 0 Å². The second-order valence-electron chi connectivity index (χ2n) is 19.4. The molecule has 0 saturated heterocycles. The minimum atomic E-state index is -1.38. The van der Waals surface area contributed by atoms with E-state index in [0.717, 1.165) is 79.1 Å². The molecule has 0 aliphatic carbocycles. The number of hydrogen-bond acceptors (Lipinski definition) is 5. The Bertz CT molecular complexity index is 2540. The molecule has 0 spiro atoms. The summed E-state index contributed by atoms with van der Waals surface area (Å²) in [7, 11) is -1.38. The molecule has 7 rings (SSSR count). The summed E-state index contributed by atoms with van der Waals surface area (Å²) in [6.07, 6.45) is 3.25. The molecule has 5 heterocycles. The van der Waals surface area contributed by atoms with Crippen LogP contribution in [0.5, 0.6) is 0 Å². The van der Waals surface area contributed by atoms with Crippen LogP contribution in [0.2, 0.25) is 19.6 Å². The van der Waals surface area contributed by atoms with Crippen molar-refractivity contribution < 1.29 is 24.5 Å². The number of pyridine rings is 3. The molecule has 0 saturated carbocycles. The van der Waals surface area contributed by atoms with Crippen LogP contribution in [0.1, 0.15) is 109 Å². The van der Waals surface area contributed by atoms with E-state index < -0.39 is 8.07 Å². The quantitative estimate of drug-likeness (QED) is 0.123. The fourth-order valence-corrected chi connectivity index (χ4v) is 9.19. The Kier molecular flexibility index (Phi) is 12.7. The van der Waals surface area contributed by atoms with Gasteiger partial charge in [-0.2, -0.15) is 0 Å². The molecule has 6 nitrogen and oxygen atoms in total. The average molecular weight is 956 g/mol. The Labute approximate surface area is 355 Å². The number of imidazole rings is 1. The summed E-state index contributed by atoms with van der Waals surface area (Å²) in [5, 5.41) is 3.60. The zero-order valence-corrected chi connectivity index (χ0v) is 40.4. The maximum atomic E-state index is 6.42. The first-order chi connectivity index (χ1) is 26.0. The molecule has 2 aromatic carbocycles. The maximum absolute atomic E-state index is 6.42. The van der Waals surface area contributed by atoms with Crippen LogP contribution < -0.4 is 5.19 Å². The summed E-state index contributed by atoms with van der Waals surface area (Å²) in [5.41, 5.74) is 13.3. The van der Waals surface area contributed by atoms with Crippen LogP contribution in [0.4, 0.5) is 0 Å². The van der Waals surface area contributed by atoms with Gasteiger partial charge in [0, 0.05) is 48.6 Å². The number of hydrogen-bond donors (Lipinski definition) is 0. The summed E-state index contributed by atoms with van der Waals surface area (Å²) in [5.74, 6) is 1.84. The number of fused-ring (bicyclic) bond motifs is 4. The van der Waals surface area contributed by atoms with Gasteiger partial charge in [-0.3, -0.25) is 9.97 Å². The SMILES string of the molecule is CC(C)Cc1cc(-c2[c-]cc(C(C)(C)C)cc2)ncc1[Si](C)(C)C.Cc1cc2nc(-c3[c-]cc(C)c4c3oc3nc(C(C)C)ccc34)n(C(C)(C)C)c2c(C)n1.[Ir]. The van der Waals surface area contributed by atoms with Crippen molar-refractivity contribution >= 4 is 46.4 Å². The molecule has 8 heteroatoms. The Hall–Kier alpha value is -3.97. The number of rotatable bonds is 6. The summed E-state index contributed by atoms with van der Waals surface area (Å²) >= 11 is 0. The number of aryl methyl sites for hydroxylation is 3. The van der Waals surface area contributed by atoms with Crippen molar-refractivity contribution in [3.05, 3.63) is 101 Å². The molecule has 0 fully saturated rings. The molecular weight excluding hydrogens is 895 g/mol. The molecule has 0 atom stereocenters. The average Bonchev–Trinajstić information content (AvgIpc) is 3.67. The molecule has 303 valence electrons. The minimum Gasteiger partial charge on any atom is -0.486 e. The summed E-state index contributed by atoms with van der Waals surface area (Å²) in [6, 6.07) is 24.0. The largest absolute Gasteiger partial charge is 0.486 e. The van der Waals surface area contributed by atoms with Crippen LogP contribution in [0.25, 0.3) is 55.7 Å². The van der Waals surface area contributed by atoms with Gasteiger partial charge in [-0.05, 0) is 87.4 Å². The van der Waals surface area contributed by atoms with Crippen LogP contribution in [0, 0.1) is 38.8 Å². The van der Waals surface area contributed by atoms with Gasteiger partial charge in [0.15, 0.2) is 0 Å². The van der Waals surface area contributed by atoms with Crippen molar-refractivity contribution in [1.29, 1.82) is 0 Å². The number of aromatic nitrogens is 5. The Morgan fingerprint density at radius 2 is 1.54 bits per heavy atom. The third kappa shape index (κ3) is 9.19. The smallest absolute Gasteiger partial charge is 0.216 e. The number of furan rings is 1. The van der Waals surface area contributed by atoms with E-state index in [4.69, 9.17) is 24.4 Å². The Morgan fingerprint density at radius 3 is 2.12 bits per heavy atom. The van der Waals surface area contributed by atoms with Gasteiger partial charge in [0.2, 0.25) is 5.71 Å². The molecule has 1 radical (unpaired) electrons. The van der Waals surface area contributed by atoms with Crippen LogP contribution in [0.3, 0.4) is 0 Å². The fourth-order valence-electron chi connectivity index (χ4n) is 7.60. The topological polar surface area (TPSA) is 69.6 Å². The Balaban J connectivity index is 0.000000223. The van der Waals surface area contributed by atoms with E-state index in [-0.39, 0.29) is 31.1 Å². The molecule has 0 N–H and O–H groups in total. The molecular formula is C49H61IrN5OSi-2. The molecule has 0 amide bonds. The fraction of sp³-hybridized carbons (Fsp3) is 0.429. The van der Waals surface area contributed by atoms with E-state index in [1.165, 1.54) is 16.3 Å². The molecule has 57 heavy (non-hydrogen) atoms. The number of nitrogens with zero attached hydrogens (tertiary/aromatic N) is 5. The summed E-state index contributed by atoms with van der Waals surface area (Å²) < 4.78 is 8.68. The van der Waals surface area contributed by atoms with Crippen molar-refractivity contribution in [3.8, 4) is 22.6 Å². The van der Waals surface area contributed by atoms with Crippen molar-refractivity contribution in [3.63, 3.8) is 0 Å². The van der Waals surface area contributed by atoms with E-state index >= 15 is 0 Å². The predicted octanol–water partition coefficient (Wildman–Crippen LogP) is 12.6. The van der Waals surface area contributed by atoms with Crippen molar-refractivity contribution in [2.24, 2.45) is 5.92 Å². The van der Waals surface area contributed by atoms with Gasteiger partial charge in [0.25, 0.3) is 0 Å². The van der Waals surface area contributed by atoms with Gasteiger partial charge in [-0.25, -0.2) is 4.98 Å². The first-order valence-corrected chi connectivity index (χ1v) is 23.7. The monoisotopic (exact) mass is 956 g/mol. The van der Waals surface area contributed by atoms with Crippen molar-refractivity contribution in [2.75, 3.05) is 0 Å². The van der Waals surface area contributed by atoms with Crippen LogP contribution in [-0.4, -0.2) is 32.6 Å². The van der Waals surface area contributed by atoms with Gasteiger partial charge in [0.05, 0.1) is 36.2 Å². The molecule has 5 aromatic heterocycles. The van der Waals surface area contributed by atoms with E-state index in [1.807, 2.05) is 13.0 Å². The first-order valence-electron chi connectivity index (χ1n) is 20.2. The van der Waals surface area contributed by atoms with Crippen molar-refractivity contribution in [2.45, 2.75) is 133 Å². The van der Waals surface area contributed by atoms with E-state index in [2.05, 4.69) is 168 Å². The zero-order valence-electron chi connectivity index (χ0n) is 37.0. The minimum absolute atomic E-state index is 0. The summed E-state index contributed by atoms with van der Waals surface area (Å²) in [4.78, 5) is 19.4.